The van der Waals surface area contributed by atoms with Crippen LogP contribution in [0.15, 0.2) is 33.8 Å². The van der Waals surface area contributed by atoms with Crippen molar-refractivity contribution < 1.29 is 14.0 Å². The Kier molecular flexibility index (Phi) is 11.4. The maximum atomic E-state index is 5.94. The number of hydrogen-bond acceptors (Lipinski definition) is 6. The van der Waals surface area contributed by atoms with Crippen molar-refractivity contribution in [3.8, 4) is 11.5 Å². The molecule has 0 spiro atoms. The van der Waals surface area contributed by atoms with Crippen molar-refractivity contribution in [3.05, 3.63) is 36.0 Å². The molecule has 0 fully saturated rings. The summed E-state index contributed by atoms with van der Waals surface area (Å²) >= 11 is 0. The van der Waals surface area contributed by atoms with E-state index in [1.165, 1.54) is 0 Å². The summed E-state index contributed by atoms with van der Waals surface area (Å²) in [6.07, 6.45) is 1.55. The van der Waals surface area contributed by atoms with Crippen molar-refractivity contribution in [2.24, 2.45) is 4.99 Å². The summed E-state index contributed by atoms with van der Waals surface area (Å²) < 4.78 is 16.5. The molecule has 0 saturated carbocycles. The Morgan fingerprint density at radius 2 is 1.90 bits per heavy atom. The molecule has 0 aliphatic carbocycles. The molecule has 29 heavy (non-hydrogen) atoms. The molecule has 0 bridgehead atoms. The molecule has 0 amide bonds. The SMILES string of the molecule is CN=C(NCCCc1nc(C(C)C)no1)NCC(C)Oc1ccccc1OC.I. The van der Waals surface area contributed by atoms with Gasteiger partial charge in [0.05, 0.1) is 13.7 Å². The van der Waals surface area contributed by atoms with E-state index in [1.54, 1.807) is 14.2 Å². The van der Waals surface area contributed by atoms with E-state index in [9.17, 15) is 0 Å². The molecule has 0 aliphatic heterocycles. The van der Waals surface area contributed by atoms with Gasteiger partial charge >= 0.3 is 0 Å². The van der Waals surface area contributed by atoms with Crippen LogP contribution in [0.3, 0.4) is 0 Å². The molecule has 0 aliphatic rings. The predicted octanol–water partition coefficient (Wildman–Crippen LogP) is 3.38. The van der Waals surface area contributed by atoms with Crippen LogP contribution in [0.25, 0.3) is 0 Å². The number of aliphatic imine (C=N–C) groups is 1. The summed E-state index contributed by atoms with van der Waals surface area (Å²) in [6.45, 7) is 7.45. The van der Waals surface area contributed by atoms with Crippen molar-refractivity contribution in [2.45, 2.75) is 45.6 Å². The molecular weight excluding hydrogens is 485 g/mol. The zero-order chi connectivity index (χ0) is 20.4. The first-order valence-corrected chi connectivity index (χ1v) is 9.60. The number of nitrogens with one attached hydrogen (secondary N) is 2. The standard InChI is InChI=1S/C20H31N5O3.HI/c1-14(2)19-24-18(28-25-19)11-8-12-22-20(21-4)23-13-15(3)27-17-10-7-6-9-16(17)26-5;/h6-7,9-10,14-15H,8,11-13H2,1-5H3,(H2,21,22,23);1H. The highest BCUT2D eigenvalue weighted by Crippen LogP contribution is 2.26. The number of guanidine groups is 1. The van der Waals surface area contributed by atoms with Crippen LogP contribution < -0.4 is 20.1 Å². The number of ether oxygens (including phenoxy) is 2. The van der Waals surface area contributed by atoms with Crippen LogP contribution >= 0.6 is 24.0 Å². The molecular formula is C20H32IN5O3. The number of rotatable bonds is 10. The highest BCUT2D eigenvalue weighted by molar-refractivity contribution is 14.0. The van der Waals surface area contributed by atoms with E-state index in [2.05, 4.69) is 25.8 Å². The van der Waals surface area contributed by atoms with Gasteiger partial charge in [0.2, 0.25) is 5.89 Å². The number of benzene rings is 1. The summed E-state index contributed by atoms with van der Waals surface area (Å²) in [6, 6.07) is 7.61. The lowest BCUT2D eigenvalue weighted by Gasteiger charge is -2.19. The molecule has 162 valence electrons. The van der Waals surface area contributed by atoms with Gasteiger partial charge < -0.3 is 24.6 Å². The summed E-state index contributed by atoms with van der Waals surface area (Å²) in [5, 5.41) is 10.5. The van der Waals surface area contributed by atoms with Gasteiger partial charge in [0, 0.05) is 25.9 Å². The molecule has 1 heterocycles. The average Bonchev–Trinajstić information content (AvgIpc) is 3.17. The fourth-order valence-electron chi connectivity index (χ4n) is 2.49. The highest BCUT2D eigenvalue weighted by atomic mass is 127. The number of nitrogens with zero attached hydrogens (tertiary/aromatic N) is 3. The number of aryl methyl sites for hydroxylation is 1. The van der Waals surface area contributed by atoms with Crippen LogP contribution in [0.4, 0.5) is 0 Å². The van der Waals surface area contributed by atoms with Crippen LogP contribution in [0.1, 0.15) is 44.8 Å². The number of halogens is 1. The molecule has 9 heteroatoms. The van der Waals surface area contributed by atoms with Crippen LogP contribution in [0.5, 0.6) is 11.5 Å². The molecule has 1 unspecified atom stereocenters. The average molecular weight is 517 g/mol. The maximum Gasteiger partial charge on any atom is 0.226 e. The first-order chi connectivity index (χ1) is 13.5. The van der Waals surface area contributed by atoms with Gasteiger partial charge in [-0.25, -0.2) is 0 Å². The monoisotopic (exact) mass is 517 g/mol. The fraction of sp³-hybridized carbons (Fsp3) is 0.550. The van der Waals surface area contributed by atoms with E-state index in [4.69, 9.17) is 14.0 Å². The molecule has 1 aromatic heterocycles. The quantitative estimate of drug-likeness (QED) is 0.216. The lowest BCUT2D eigenvalue weighted by molar-refractivity contribution is 0.213. The van der Waals surface area contributed by atoms with E-state index in [0.29, 0.717) is 12.4 Å². The lowest BCUT2D eigenvalue weighted by atomic mass is 10.2. The summed E-state index contributed by atoms with van der Waals surface area (Å²) in [7, 11) is 3.38. The van der Waals surface area contributed by atoms with Gasteiger partial charge in [0.15, 0.2) is 23.3 Å². The number of methoxy groups -OCH3 is 1. The Labute approximate surface area is 189 Å². The third-order valence-corrected chi connectivity index (χ3v) is 4.04. The molecule has 2 aromatic rings. The zero-order valence-corrected chi connectivity index (χ0v) is 20.1. The minimum Gasteiger partial charge on any atom is -0.493 e. The third kappa shape index (κ3) is 8.46. The van der Waals surface area contributed by atoms with Crippen molar-refractivity contribution in [3.63, 3.8) is 0 Å². The smallest absolute Gasteiger partial charge is 0.226 e. The largest absolute Gasteiger partial charge is 0.493 e. The molecule has 2 rings (SSSR count). The third-order valence-electron chi connectivity index (χ3n) is 4.04. The fourth-order valence-corrected chi connectivity index (χ4v) is 2.49. The second-order valence-electron chi connectivity index (χ2n) is 6.76. The minimum atomic E-state index is -0.0531. The normalized spacial score (nSPS) is 12.3. The van der Waals surface area contributed by atoms with Gasteiger partial charge in [-0.15, -0.1) is 24.0 Å². The second kappa shape index (κ2) is 13.2. The molecule has 2 N–H and O–H groups in total. The van der Waals surface area contributed by atoms with Crippen molar-refractivity contribution in [1.82, 2.24) is 20.8 Å². The van der Waals surface area contributed by atoms with E-state index in [1.807, 2.05) is 45.0 Å². The molecule has 8 nitrogen and oxygen atoms in total. The number of para-hydroxylation sites is 2. The maximum absolute atomic E-state index is 5.94. The second-order valence-corrected chi connectivity index (χ2v) is 6.76. The number of aromatic nitrogens is 2. The molecule has 0 radical (unpaired) electrons. The Morgan fingerprint density at radius 1 is 1.17 bits per heavy atom. The van der Waals surface area contributed by atoms with Crippen LogP contribution in [0.2, 0.25) is 0 Å². The Hall–Kier alpha value is -2.04. The van der Waals surface area contributed by atoms with Gasteiger partial charge in [-0.1, -0.05) is 31.1 Å². The summed E-state index contributed by atoms with van der Waals surface area (Å²) in [5.41, 5.74) is 0. The molecule has 1 aromatic carbocycles. The van der Waals surface area contributed by atoms with E-state index < -0.39 is 0 Å². The lowest BCUT2D eigenvalue weighted by Crippen LogP contribution is -2.42. The molecule has 1 atom stereocenters. The van der Waals surface area contributed by atoms with Crippen molar-refractivity contribution in [1.29, 1.82) is 0 Å². The van der Waals surface area contributed by atoms with Crippen LogP contribution in [-0.2, 0) is 6.42 Å². The zero-order valence-electron chi connectivity index (χ0n) is 17.8. The minimum absolute atomic E-state index is 0. The Bertz CT molecular complexity index is 751. The van der Waals surface area contributed by atoms with E-state index in [-0.39, 0.29) is 36.0 Å². The van der Waals surface area contributed by atoms with Crippen molar-refractivity contribution in [2.75, 3.05) is 27.2 Å². The van der Waals surface area contributed by atoms with Gasteiger partial charge in [0.25, 0.3) is 0 Å². The summed E-state index contributed by atoms with van der Waals surface area (Å²) in [4.78, 5) is 8.62. The molecule has 0 saturated heterocycles. The van der Waals surface area contributed by atoms with Crippen LogP contribution in [-0.4, -0.2) is 49.5 Å². The Balaban J connectivity index is 0.00000420. The first kappa shape index (κ1) is 25.0. The Morgan fingerprint density at radius 3 is 2.52 bits per heavy atom. The van der Waals surface area contributed by atoms with Crippen LogP contribution in [0, 0.1) is 0 Å². The number of hydrogen-bond donors (Lipinski definition) is 2. The van der Waals surface area contributed by atoms with Gasteiger partial charge in [0.1, 0.15) is 6.10 Å². The predicted molar refractivity (Wildman–Crippen MR) is 125 cm³/mol. The van der Waals surface area contributed by atoms with Crippen molar-refractivity contribution >= 4 is 29.9 Å². The van der Waals surface area contributed by atoms with E-state index in [0.717, 1.165) is 42.7 Å². The topological polar surface area (TPSA) is 93.8 Å². The van der Waals surface area contributed by atoms with Gasteiger partial charge in [-0.05, 0) is 25.5 Å². The van der Waals surface area contributed by atoms with Gasteiger partial charge in [-0.2, -0.15) is 4.98 Å². The highest BCUT2D eigenvalue weighted by Gasteiger charge is 2.11. The van der Waals surface area contributed by atoms with E-state index >= 15 is 0 Å². The summed E-state index contributed by atoms with van der Waals surface area (Å²) in [5.74, 6) is 3.88. The van der Waals surface area contributed by atoms with Gasteiger partial charge in [-0.3, -0.25) is 4.99 Å². The first-order valence-electron chi connectivity index (χ1n) is 9.60.